The molecule has 1 saturated carbocycles. The first kappa shape index (κ1) is 12.7. The number of rotatable bonds is 3. The molecule has 1 aromatic heterocycles. The second kappa shape index (κ2) is 4.99. The molecule has 1 saturated heterocycles. The Morgan fingerprint density at radius 2 is 1.95 bits per heavy atom. The molecule has 0 spiro atoms. The summed E-state index contributed by atoms with van der Waals surface area (Å²) in [5, 5.41) is 3.17. The highest BCUT2D eigenvalue weighted by Gasteiger charge is 2.29. The number of aromatic nitrogens is 2. The van der Waals surface area contributed by atoms with Crippen molar-refractivity contribution in [1.29, 1.82) is 0 Å². The lowest BCUT2D eigenvalue weighted by Crippen LogP contribution is -2.39. The van der Waals surface area contributed by atoms with Gasteiger partial charge in [0, 0.05) is 32.1 Å². The first-order valence-corrected chi connectivity index (χ1v) is 7.49. The van der Waals surface area contributed by atoms with Crippen molar-refractivity contribution in [1.82, 2.24) is 9.97 Å². The third kappa shape index (κ3) is 2.67. The molecule has 2 atom stereocenters. The van der Waals surface area contributed by atoms with E-state index in [-0.39, 0.29) is 0 Å². The third-order valence-electron chi connectivity index (χ3n) is 4.59. The lowest BCUT2D eigenvalue weighted by molar-refractivity contribution is 0.322. The Hall–Kier alpha value is -1.32. The van der Waals surface area contributed by atoms with Gasteiger partial charge >= 0.3 is 0 Å². The zero-order valence-electron chi connectivity index (χ0n) is 12.2. The van der Waals surface area contributed by atoms with E-state index in [2.05, 4.69) is 35.1 Å². The predicted molar refractivity (Wildman–Crippen MR) is 78.7 cm³/mol. The first-order valence-electron chi connectivity index (χ1n) is 7.49. The van der Waals surface area contributed by atoms with E-state index >= 15 is 0 Å². The van der Waals surface area contributed by atoms with Crippen LogP contribution in [0.5, 0.6) is 0 Å². The number of nitrogens with zero attached hydrogens (tertiary/aromatic N) is 3. The van der Waals surface area contributed by atoms with Crippen LogP contribution in [0.3, 0.4) is 0 Å². The van der Waals surface area contributed by atoms with Crippen LogP contribution in [-0.4, -0.2) is 30.1 Å². The molecule has 1 aromatic rings. The van der Waals surface area contributed by atoms with E-state index in [1.807, 2.05) is 7.05 Å². The fourth-order valence-electron chi connectivity index (χ4n) is 2.74. The highest BCUT2D eigenvalue weighted by atomic mass is 15.2. The van der Waals surface area contributed by atoms with E-state index in [1.54, 1.807) is 0 Å². The average Bonchev–Trinajstić information content (AvgIpc) is 3.26. The van der Waals surface area contributed by atoms with Gasteiger partial charge < -0.3 is 10.2 Å². The predicted octanol–water partition coefficient (Wildman–Crippen LogP) is 2.88. The van der Waals surface area contributed by atoms with Crippen molar-refractivity contribution in [2.75, 3.05) is 30.4 Å². The topological polar surface area (TPSA) is 41.0 Å². The number of hydrogen-bond acceptors (Lipinski definition) is 4. The second-order valence-corrected chi connectivity index (χ2v) is 6.18. The Morgan fingerprint density at radius 1 is 1.16 bits per heavy atom. The van der Waals surface area contributed by atoms with Crippen LogP contribution in [0, 0.1) is 11.8 Å². The van der Waals surface area contributed by atoms with Crippen LogP contribution in [0.1, 0.15) is 44.9 Å². The summed E-state index contributed by atoms with van der Waals surface area (Å²) in [6, 6.07) is 2.09. The molecule has 2 aliphatic rings. The molecule has 19 heavy (non-hydrogen) atoms. The molecule has 1 aliphatic heterocycles. The van der Waals surface area contributed by atoms with Crippen molar-refractivity contribution in [2.24, 2.45) is 11.8 Å². The Kier molecular flexibility index (Phi) is 3.33. The fraction of sp³-hybridized carbons (Fsp3) is 0.733. The van der Waals surface area contributed by atoms with Gasteiger partial charge in [-0.25, -0.2) is 9.97 Å². The minimum atomic E-state index is 0.605. The van der Waals surface area contributed by atoms with Crippen LogP contribution >= 0.6 is 0 Å². The second-order valence-electron chi connectivity index (χ2n) is 6.18. The van der Waals surface area contributed by atoms with E-state index in [1.165, 1.54) is 19.3 Å². The summed E-state index contributed by atoms with van der Waals surface area (Å²) >= 11 is 0. The van der Waals surface area contributed by atoms with Gasteiger partial charge in [0.05, 0.1) is 0 Å². The maximum Gasteiger partial charge on any atom is 0.136 e. The van der Waals surface area contributed by atoms with E-state index in [9.17, 15) is 0 Å². The lowest BCUT2D eigenvalue weighted by atomic mass is 9.89. The molecule has 4 heteroatoms. The normalized spacial score (nSPS) is 27.4. The molecule has 0 aromatic carbocycles. The van der Waals surface area contributed by atoms with Crippen LogP contribution in [0.2, 0.25) is 0 Å². The summed E-state index contributed by atoms with van der Waals surface area (Å²) in [6.07, 6.45) is 3.76. The Labute approximate surface area is 115 Å². The molecule has 1 N–H and O–H groups in total. The van der Waals surface area contributed by atoms with Crippen LogP contribution in [0.25, 0.3) is 0 Å². The molecule has 104 valence electrons. The molecule has 4 nitrogen and oxygen atoms in total. The van der Waals surface area contributed by atoms with Gasteiger partial charge in [-0.05, 0) is 31.1 Å². The standard InChI is InChI=1S/C15H24N4/c1-10-6-7-19(9-11(10)2)14-8-13(16-3)17-15(18-14)12-4-5-12/h8,10-12H,4-7,9H2,1-3H3,(H,16,17,18). The molecule has 3 rings (SSSR count). The molecule has 0 radical (unpaired) electrons. The average molecular weight is 260 g/mol. The number of nitrogens with one attached hydrogen (secondary N) is 1. The SMILES string of the molecule is CNc1cc(N2CCC(C)C(C)C2)nc(C2CC2)n1. The van der Waals surface area contributed by atoms with Gasteiger partial charge in [-0.2, -0.15) is 0 Å². The highest BCUT2D eigenvalue weighted by Crippen LogP contribution is 2.39. The zero-order chi connectivity index (χ0) is 13.4. The van der Waals surface area contributed by atoms with Crippen molar-refractivity contribution in [3.63, 3.8) is 0 Å². The molecule has 0 bridgehead atoms. The zero-order valence-corrected chi connectivity index (χ0v) is 12.2. The van der Waals surface area contributed by atoms with E-state index in [0.717, 1.165) is 42.4 Å². The molecule has 2 unspecified atom stereocenters. The molecular formula is C15H24N4. The Bertz CT molecular complexity index is 455. The van der Waals surface area contributed by atoms with E-state index in [4.69, 9.17) is 4.98 Å². The highest BCUT2D eigenvalue weighted by molar-refractivity contribution is 5.50. The van der Waals surface area contributed by atoms with Crippen molar-refractivity contribution >= 4 is 11.6 Å². The fourth-order valence-corrected chi connectivity index (χ4v) is 2.74. The summed E-state index contributed by atoms with van der Waals surface area (Å²) in [4.78, 5) is 11.8. The summed E-state index contributed by atoms with van der Waals surface area (Å²) < 4.78 is 0. The lowest BCUT2D eigenvalue weighted by Gasteiger charge is -2.36. The summed E-state index contributed by atoms with van der Waals surface area (Å²) in [6.45, 7) is 6.94. The van der Waals surface area contributed by atoms with Crippen LogP contribution in [0.4, 0.5) is 11.6 Å². The smallest absolute Gasteiger partial charge is 0.136 e. The van der Waals surface area contributed by atoms with Gasteiger partial charge in [0.25, 0.3) is 0 Å². The third-order valence-corrected chi connectivity index (χ3v) is 4.59. The Balaban J connectivity index is 1.84. The quantitative estimate of drug-likeness (QED) is 0.907. The van der Waals surface area contributed by atoms with Crippen LogP contribution < -0.4 is 10.2 Å². The van der Waals surface area contributed by atoms with Gasteiger partial charge in [-0.1, -0.05) is 13.8 Å². The van der Waals surface area contributed by atoms with Gasteiger partial charge in [0.1, 0.15) is 17.5 Å². The van der Waals surface area contributed by atoms with Crippen molar-refractivity contribution in [3.8, 4) is 0 Å². The van der Waals surface area contributed by atoms with Crippen molar-refractivity contribution < 1.29 is 0 Å². The van der Waals surface area contributed by atoms with Crippen LogP contribution in [0.15, 0.2) is 6.07 Å². The summed E-state index contributed by atoms with van der Waals surface area (Å²) in [7, 11) is 1.93. The molecular weight excluding hydrogens is 236 g/mol. The minimum Gasteiger partial charge on any atom is -0.373 e. The molecule has 2 fully saturated rings. The van der Waals surface area contributed by atoms with Crippen LogP contribution in [-0.2, 0) is 0 Å². The summed E-state index contributed by atoms with van der Waals surface area (Å²) in [5.74, 6) is 5.27. The number of piperidine rings is 1. The monoisotopic (exact) mass is 260 g/mol. The van der Waals surface area contributed by atoms with Gasteiger partial charge in [-0.15, -0.1) is 0 Å². The van der Waals surface area contributed by atoms with E-state index in [0.29, 0.717) is 5.92 Å². The molecule has 1 aliphatic carbocycles. The van der Waals surface area contributed by atoms with Gasteiger partial charge in [0.2, 0.25) is 0 Å². The summed E-state index contributed by atoms with van der Waals surface area (Å²) in [5.41, 5.74) is 0. The number of hydrogen-bond donors (Lipinski definition) is 1. The first-order chi connectivity index (χ1) is 9.17. The Morgan fingerprint density at radius 3 is 2.58 bits per heavy atom. The van der Waals surface area contributed by atoms with E-state index < -0.39 is 0 Å². The van der Waals surface area contributed by atoms with Crippen molar-refractivity contribution in [2.45, 2.75) is 39.0 Å². The maximum absolute atomic E-state index is 4.80. The molecule has 2 heterocycles. The van der Waals surface area contributed by atoms with Gasteiger partial charge in [0.15, 0.2) is 0 Å². The van der Waals surface area contributed by atoms with Crippen molar-refractivity contribution in [3.05, 3.63) is 11.9 Å². The number of anilines is 2. The largest absolute Gasteiger partial charge is 0.373 e. The molecule has 0 amide bonds. The minimum absolute atomic E-state index is 0.605. The van der Waals surface area contributed by atoms with Gasteiger partial charge in [-0.3, -0.25) is 0 Å². The maximum atomic E-state index is 4.80.